The Labute approximate surface area is 194 Å². The van der Waals surface area contributed by atoms with E-state index in [2.05, 4.69) is 50.0 Å². The van der Waals surface area contributed by atoms with Crippen LogP contribution in [0.5, 0.6) is 0 Å². The lowest BCUT2D eigenvalue weighted by molar-refractivity contribution is 0.0954. The van der Waals surface area contributed by atoms with Gasteiger partial charge in [-0.1, -0.05) is 26.0 Å². The number of rotatable bonds is 8. The van der Waals surface area contributed by atoms with Crippen LogP contribution in [0.2, 0.25) is 0 Å². The first kappa shape index (κ1) is 22.6. The molecule has 7 heteroatoms. The zero-order valence-corrected chi connectivity index (χ0v) is 19.8. The Hall–Kier alpha value is -3.61. The number of fused-ring (bicyclic) bond motifs is 2. The van der Waals surface area contributed by atoms with Crippen molar-refractivity contribution in [1.29, 1.82) is 0 Å². The van der Waals surface area contributed by atoms with Crippen molar-refractivity contribution in [2.45, 2.75) is 34.1 Å². The number of hydrogen-bond acceptors (Lipinski definition) is 5. The first-order valence-corrected chi connectivity index (χ1v) is 11.6. The molecule has 1 amide bonds. The molecule has 33 heavy (non-hydrogen) atoms. The molecule has 7 nitrogen and oxygen atoms in total. The Morgan fingerprint density at radius 1 is 1.03 bits per heavy atom. The number of benzene rings is 2. The summed E-state index contributed by atoms with van der Waals surface area (Å²) in [6.45, 7) is 11.0. The highest BCUT2D eigenvalue weighted by Gasteiger charge is 2.24. The fraction of sp³-hybridized carbons (Fsp3) is 0.346. The Morgan fingerprint density at radius 3 is 2.27 bits per heavy atom. The van der Waals surface area contributed by atoms with E-state index in [9.17, 15) is 4.79 Å². The summed E-state index contributed by atoms with van der Waals surface area (Å²) in [5.74, 6) is 0.622. The van der Waals surface area contributed by atoms with Crippen LogP contribution in [0.25, 0.3) is 27.9 Å². The van der Waals surface area contributed by atoms with Gasteiger partial charge in [0.1, 0.15) is 16.9 Å². The molecule has 2 aromatic heterocycles. The summed E-state index contributed by atoms with van der Waals surface area (Å²) in [4.78, 5) is 25.1. The summed E-state index contributed by atoms with van der Waals surface area (Å²) in [5.41, 5.74) is 11.6. The average Bonchev–Trinajstić information content (AvgIpc) is 3.09. The maximum absolute atomic E-state index is 13.2. The normalized spacial score (nSPS) is 11.4. The lowest BCUT2D eigenvalue weighted by Crippen LogP contribution is -2.26. The van der Waals surface area contributed by atoms with Gasteiger partial charge in [-0.25, -0.2) is 9.97 Å². The molecule has 2 aromatic carbocycles. The van der Waals surface area contributed by atoms with Gasteiger partial charge in [-0.3, -0.25) is 9.36 Å². The van der Waals surface area contributed by atoms with E-state index >= 15 is 0 Å². The predicted octanol–water partition coefficient (Wildman–Crippen LogP) is 4.78. The van der Waals surface area contributed by atoms with Gasteiger partial charge in [-0.15, -0.1) is 0 Å². The maximum atomic E-state index is 13.2. The summed E-state index contributed by atoms with van der Waals surface area (Å²) >= 11 is 0. The molecule has 0 bridgehead atoms. The number of nitrogens with one attached hydrogen (secondary N) is 1. The molecule has 4 aromatic rings. The lowest BCUT2D eigenvalue weighted by atomic mass is 10.1. The van der Waals surface area contributed by atoms with Gasteiger partial charge >= 0.3 is 0 Å². The molecule has 0 aliphatic rings. The quantitative estimate of drug-likeness (QED) is 0.408. The highest BCUT2D eigenvalue weighted by atomic mass is 16.1. The first-order chi connectivity index (χ1) is 15.9. The molecule has 0 aliphatic carbocycles. The van der Waals surface area contributed by atoms with Crippen molar-refractivity contribution in [3.05, 3.63) is 54.1 Å². The van der Waals surface area contributed by atoms with Crippen LogP contribution in [0, 0.1) is 5.92 Å². The molecule has 0 saturated carbocycles. The van der Waals surface area contributed by atoms with Crippen molar-refractivity contribution in [3.63, 3.8) is 0 Å². The van der Waals surface area contributed by atoms with E-state index in [1.165, 1.54) is 0 Å². The number of nitrogen functional groups attached to an aromatic ring is 1. The van der Waals surface area contributed by atoms with E-state index < -0.39 is 0 Å². The van der Waals surface area contributed by atoms with Gasteiger partial charge in [0.25, 0.3) is 5.91 Å². The van der Waals surface area contributed by atoms with Crippen LogP contribution < -0.4 is 16.0 Å². The second kappa shape index (κ2) is 9.48. The minimum absolute atomic E-state index is 0.221. The van der Waals surface area contributed by atoms with Crippen LogP contribution >= 0.6 is 0 Å². The summed E-state index contributed by atoms with van der Waals surface area (Å²) in [6.07, 6.45) is 0.895. The van der Waals surface area contributed by atoms with Gasteiger partial charge in [0.15, 0.2) is 5.65 Å². The number of carbonyl (C=O) groups excluding carboxylic acids is 1. The van der Waals surface area contributed by atoms with Crippen molar-refractivity contribution >= 4 is 39.6 Å². The summed E-state index contributed by atoms with van der Waals surface area (Å²) in [5, 5.41) is 3.01. The summed E-state index contributed by atoms with van der Waals surface area (Å²) < 4.78 is 1.83. The molecule has 0 fully saturated rings. The van der Waals surface area contributed by atoms with E-state index in [0.29, 0.717) is 35.0 Å². The van der Waals surface area contributed by atoms with Crippen molar-refractivity contribution in [1.82, 2.24) is 19.9 Å². The van der Waals surface area contributed by atoms with Crippen LogP contribution in [0.15, 0.2) is 48.5 Å². The summed E-state index contributed by atoms with van der Waals surface area (Å²) in [6, 6.07) is 15.8. The number of nitrogens with two attached hydrogens (primary N) is 1. The lowest BCUT2D eigenvalue weighted by Gasteiger charge is -2.21. The topological polar surface area (TPSA) is 89.1 Å². The van der Waals surface area contributed by atoms with Crippen LogP contribution in [-0.2, 0) is 0 Å². The predicted molar refractivity (Wildman–Crippen MR) is 136 cm³/mol. The van der Waals surface area contributed by atoms with Crippen LogP contribution in [0.4, 0.5) is 11.5 Å². The third-order valence-electron chi connectivity index (χ3n) is 5.97. The molecule has 0 radical (unpaired) electrons. The molecular weight excluding hydrogens is 412 g/mol. The van der Waals surface area contributed by atoms with Crippen molar-refractivity contribution in [2.75, 3.05) is 30.3 Å². The van der Waals surface area contributed by atoms with E-state index in [1.807, 2.05) is 41.0 Å². The van der Waals surface area contributed by atoms with Crippen LogP contribution in [0.1, 0.15) is 44.5 Å². The van der Waals surface area contributed by atoms with E-state index in [4.69, 9.17) is 15.7 Å². The van der Waals surface area contributed by atoms with Crippen molar-refractivity contribution in [2.24, 2.45) is 5.92 Å². The largest absolute Gasteiger partial charge is 0.384 e. The molecule has 4 rings (SSSR count). The fourth-order valence-electron chi connectivity index (χ4n) is 4.11. The number of para-hydroxylation sites is 2. The van der Waals surface area contributed by atoms with E-state index in [1.54, 1.807) is 0 Å². The molecule has 0 atom stereocenters. The molecule has 0 aliphatic heterocycles. The van der Waals surface area contributed by atoms with Crippen LogP contribution in [0.3, 0.4) is 0 Å². The second-order valence-electron chi connectivity index (χ2n) is 8.61. The van der Waals surface area contributed by atoms with Crippen molar-refractivity contribution < 1.29 is 4.79 Å². The zero-order chi connectivity index (χ0) is 23.5. The van der Waals surface area contributed by atoms with Gasteiger partial charge in [-0.05, 0) is 62.6 Å². The van der Waals surface area contributed by atoms with Gasteiger partial charge in [0, 0.05) is 31.0 Å². The highest BCUT2D eigenvalue weighted by Crippen LogP contribution is 2.31. The molecule has 2 heterocycles. The van der Waals surface area contributed by atoms with E-state index in [0.717, 1.165) is 41.9 Å². The number of aromatic nitrogens is 3. The molecule has 0 saturated heterocycles. The third-order valence-corrected chi connectivity index (χ3v) is 5.97. The van der Waals surface area contributed by atoms with Gasteiger partial charge in [-0.2, -0.15) is 0 Å². The molecular formula is C26H32N6O. The Bertz CT molecular complexity index is 1270. The number of hydrogen-bond donors (Lipinski definition) is 2. The summed E-state index contributed by atoms with van der Waals surface area (Å²) in [7, 11) is 0. The first-order valence-electron chi connectivity index (χ1n) is 11.6. The Morgan fingerprint density at radius 2 is 1.67 bits per heavy atom. The van der Waals surface area contributed by atoms with Gasteiger partial charge in [0.2, 0.25) is 0 Å². The van der Waals surface area contributed by atoms with Gasteiger partial charge < -0.3 is 16.0 Å². The minimum Gasteiger partial charge on any atom is -0.384 e. The van der Waals surface area contributed by atoms with Crippen molar-refractivity contribution in [3.8, 4) is 5.69 Å². The monoisotopic (exact) mass is 444 g/mol. The second-order valence-corrected chi connectivity index (χ2v) is 8.61. The third kappa shape index (κ3) is 4.35. The SMILES string of the molecule is CCN(CC)c1ccc(-n2c(N)c(C(=O)NCCC(C)C)c3nc4ccccc4nc32)cc1. The number of amides is 1. The Kier molecular flexibility index (Phi) is 6.49. The maximum Gasteiger partial charge on any atom is 0.257 e. The fourth-order valence-corrected chi connectivity index (χ4v) is 4.11. The van der Waals surface area contributed by atoms with Gasteiger partial charge in [0.05, 0.1) is 11.0 Å². The number of carbonyl (C=O) groups is 1. The number of anilines is 2. The zero-order valence-electron chi connectivity index (χ0n) is 19.8. The standard InChI is InChI=1S/C26H32N6O/c1-5-31(6-2)18-11-13-19(14-12-18)32-24(27)22(26(33)28-16-15-17(3)4)23-25(32)30-21-10-8-7-9-20(21)29-23/h7-14,17H,5-6,15-16,27H2,1-4H3,(H,28,33). The molecule has 0 unspecified atom stereocenters. The molecule has 3 N–H and O–H groups in total. The molecule has 0 spiro atoms. The average molecular weight is 445 g/mol. The Balaban J connectivity index is 1.86. The van der Waals surface area contributed by atoms with E-state index in [-0.39, 0.29) is 5.91 Å². The number of nitrogens with zero attached hydrogens (tertiary/aromatic N) is 4. The molecule has 172 valence electrons. The van der Waals surface area contributed by atoms with Crippen LogP contribution in [-0.4, -0.2) is 40.1 Å². The smallest absolute Gasteiger partial charge is 0.257 e. The highest BCUT2D eigenvalue weighted by molar-refractivity contribution is 6.11. The minimum atomic E-state index is -0.221.